The van der Waals surface area contributed by atoms with Crippen LogP contribution in [0, 0.1) is 20.8 Å². The number of hydrogen-bond donors (Lipinski definition) is 3. The van der Waals surface area contributed by atoms with Crippen LogP contribution in [0.4, 0.5) is 11.4 Å². The normalized spacial score (nSPS) is 10.1. The van der Waals surface area contributed by atoms with Gasteiger partial charge in [0.1, 0.15) is 5.75 Å². The van der Waals surface area contributed by atoms with Crippen molar-refractivity contribution in [2.75, 3.05) is 24.3 Å². The van der Waals surface area contributed by atoms with Gasteiger partial charge < -0.3 is 20.7 Å². The third-order valence-electron chi connectivity index (χ3n) is 3.70. The van der Waals surface area contributed by atoms with E-state index < -0.39 is 0 Å². The first-order chi connectivity index (χ1) is 11.9. The van der Waals surface area contributed by atoms with Crippen molar-refractivity contribution in [1.29, 1.82) is 0 Å². The van der Waals surface area contributed by atoms with Crippen molar-refractivity contribution in [3.8, 4) is 5.75 Å². The fraction of sp³-hybridized carbons (Fsp3) is 0.263. The quantitative estimate of drug-likeness (QED) is 0.715. The molecule has 0 atom stereocenters. The van der Waals surface area contributed by atoms with Crippen LogP contribution in [0.25, 0.3) is 0 Å². The van der Waals surface area contributed by atoms with Gasteiger partial charge in [-0.25, -0.2) is 0 Å². The molecule has 2 rings (SSSR count). The fourth-order valence-electron chi connectivity index (χ4n) is 2.57. The number of aryl methyl sites for hydroxylation is 3. The summed E-state index contributed by atoms with van der Waals surface area (Å²) in [7, 11) is 1.62. The van der Waals surface area contributed by atoms with Crippen LogP contribution >= 0.6 is 12.2 Å². The standard InChI is InChI=1S/C19H23N3O2S/c1-12-9-13(2)18(14(3)10-12)22-17(23)11-20-19(25)21-15-5-7-16(24-4)8-6-15/h5-10H,11H2,1-4H3,(H,22,23)(H2,20,21,25). The molecule has 5 nitrogen and oxygen atoms in total. The molecule has 0 unspecified atom stereocenters. The largest absolute Gasteiger partial charge is 0.497 e. The van der Waals surface area contributed by atoms with Crippen LogP contribution in [0.5, 0.6) is 5.75 Å². The molecule has 0 aliphatic rings. The molecule has 6 heteroatoms. The van der Waals surface area contributed by atoms with Crippen LogP contribution in [0.1, 0.15) is 16.7 Å². The van der Waals surface area contributed by atoms with Crippen LogP contribution in [-0.4, -0.2) is 24.7 Å². The topological polar surface area (TPSA) is 62.4 Å². The first kappa shape index (κ1) is 18.7. The van der Waals surface area contributed by atoms with Crippen LogP contribution in [-0.2, 0) is 4.79 Å². The molecule has 25 heavy (non-hydrogen) atoms. The SMILES string of the molecule is COc1ccc(NC(=S)NCC(=O)Nc2c(C)cc(C)cc2C)cc1. The van der Waals surface area contributed by atoms with Crippen molar-refractivity contribution in [2.45, 2.75) is 20.8 Å². The van der Waals surface area contributed by atoms with Gasteiger partial charge in [0.05, 0.1) is 13.7 Å². The monoisotopic (exact) mass is 357 g/mol. The van der Waals surface area contributed by atoms with Gasteiger partial charge in [-0.2, -0.15) is 0 Å². The summed E-state index contributed by atoms with van der Waals surface area (Å²) < 4.78 is 5.11. The Morgan fingerprint density at radius 1 is 1.04 bits per heavy atom. The first-order valence-corrected chi connectivity index (χ1v) is 8.36. The number of methoxy groups -OCH3 is 1. The molecule has 0 saturated heterocycles. The number of ether oxygens (including phenoxy) is 1. The van der Waals surface area contributed by atoms with Gasteiger partial charge in [-0.15, -0.1) is 0 Å². The predicted octanol–water partition coefficient (Wildman–Crippen LogP) is 3.55. The van der Waals surface area contributed by atoms with Crippen molar-refractivity contribution in [3.05, 3.63) is 53.1 Å². The molecule has 0 aliphatic heterocycles. The molecule has 0 radical (unpaired) electrons. The van der Waals surface area contributed by atoms with Gasteiger partial charge in [0.2, 0.25) is 5.91 Å². The van der Waals surface area contributed by atoms with Gasteiger partial charge in [0, 0.05) is 11.4 Å². The Morgan fingerprint density at radius 3 is 2.20 bits per heavy atom. The summed E-state index contributed by atoms with van der Waals surface area (Å²) in [5.41, 5.74) is 4.95. The van der Waals surface area contributed by atoms with E-state index >= 15 is 0 Å². The molecule has 132 valence electrons. The number of benzene rings is 2. The van der Waals surface area contributed by atoms with E-state index in [1.54, 1.807) is 7.11 Å². The van der Waals surface area contributed by atoms with Gasteiger partial charge in [-0.05, 0) is 68.4 Å². The fourth-order valence-corrected chi connectivity index (χ4v) is 2.76. The zero-order valence-corrected chi connectivity index (χ0v) is 15.7. The van der Waals surface area contributed by atoms with E-state index in [-0.39, 0.29) is 12.5 Å². The van der Waals surface area contributed by atoms with Crippen molar-refractivity contribution in [3.63, 3.8) is 0 Å². The van der Waals surface area contributed by atoms with Crippen molar-refractivity contribution in [2.24, 2.45) is 0 Å². The number of thiocarbonyl (C=S) groups is 1. The average Bonchev–Trinajstić information content (AvgIpc) is 2.57. The maximum atomic E-state index is 12.2. The van der Waals surface area contributed by atoms with Crippen molar-refractivity contribution >= 4 is 34.6 Å². The summed E-state index contributed by atoms with van der Waals surface area (Å²) in [6.45, 7) is 6.10. The van der Waals surface area contributed by atoms with Gasteiger partial charge in [0.25, 0.3) is 0 Å². The molecular formula is C19H23N3O2S. The minimum atomic E-state index is -0.145. The maximum Gasteiger partial charge on any atom is 0.243 e. The Bertz CT molecular complexity index is 750. The average molecular weight is 357 g/mol. The zero-order chi connectivity index (χ0) is 18.4. The van der Waals surface area contributed by atoms with Crippen LogP contribution in [0.3, 0.4) is 0 Å². The Hall–Kier alpha value is -2.60. The summed E-state index contributed by atoms with van der Waals surface area (Å²) in [6, 6.07) is 11.5. The zero-order valence-electron chi connectivity index (χ0n) is 14.9. The molecule has 0 heterocycles. The Kier molecular flexibility index (Phi) is 6.36. The van der Waals surface area contributed by atoms with E-state index in [0.29, 0.717) is 5.11 Å². The molecule has 0 fully saturated rings. The highest BCUT2D eigenvalue weighted by atomic mass is 32.1. The lowest BCUT2D eigenvalue weighted by Crippen LogP contribution is -2.35. The number of carbonyl (C=O) groups is 1. The second-order valence-corrected chi connectivity index (χ2v) is 6.27. The third kappa shape index (κ3) is 5.46. The van der Waals surface area contributed by atoms with Gasteiger partial charge in [0.15, 0.2) is 5.11 Å². The van der Waals surface area contributed by atoms with Gasteiger partial charge in [-0.3, -0.25) is 4.79 Å². The molecule has 0 bridgehead atoms. The van der Waals surface area contributed by atoms with E-state index in [9.17, 15) is 4.79 Å². The molecular weight excluding hydrogens is 334 g/mol. The van der Waals surface area contributed by atoms with Crippen LogP contribution in [0.2, 0.25) is 0 Å². The molecule has 0 spiro atoms. The summed E-state index contributed by atoms with van der Waals surface area (Å²) in [5, 5.41) is 9.26. The summed E-state index contributed by atoms with van der Waals surface area (Å²) in [6.07, 6.45) is 0. The summed E-state index contributed by atoms with van der Waals surface area (Å²) in [4.78, 5) is 12.2. The maximum absolute atomic E-state index is 12.2. The van der Waals surface area contributed by atoms with E-state index in [1.807, 2.05) is 57.2 Å². The van der Waals surface area contributed by atoms with E-state index in [0.717, 1.165) is 28.3 Å². The highest BCUT2D eigenvalue weighted by Gasteiger charge is 2.09. The lowest BCUT2D eigenvalue weighted by Gasteiger charge is -2.14. The Balaban J connectivity index is 1.86. The number of anilines is 2. The Labute approximate surface area is 153 Å². The molecule has 2 aromatic carbocycles. The molecule has 2 aromatic rings. The summed E-state index contributed by atoms with van der Waals surface area (Å²) >= 11 is 5.22. The molecule has 0 aliphatic carbocycles. The lowest BCUT2D eigenvalue weighted by atomic mass is 10.1. The number of carbonyl (C=O) groups excluding carboxylic acids is 1. The van der Waals surface area contributed by atoms with E-state index in [1.165, 1.54) is 5.56 Å². The van der Waals surface area contributed by atoms with Crippen molar-refractivity contribution in [1.82, 2.24) is 5.32 Å². The molecule has 0 aromatic heterocycles. The minimum absolute atomic E-state index is 0.0920. The van der Waals surface area contributed by atoms with Crippen LogP contribution < -0.4 is 20.7 Å². The lowest BCUT2D eigenvalue weighted by molar-refractivity contribution is -0.115. The highest BCUT2D eigenvalue weighted by Crippen LogP contribution is 2.21. The second kappa shape index (κ2) is 8.48. The minimum Gasteiger partial charge on any atom is -0.497 e. The summed E-state index contributed by atoms with van der Waals surface area (Å²) in [5.74, 6) is 0.626. The van der Waals surface area contributed by atoms with Gasteiger partial charge in [-0.1, -0.05) is 17.7 Å². The van der Waals surface area contributed by atoms with Gasteiger partial charge >= 0.3 is 0 Å². The molecule has 3 N–H and O–H groups in total. The molecule has 1 amide bonds. The van der Waals surface area contributed by atoms with E-state index in [2.05, 4.69) is 16.0 Å². The number of hydrogen-bond acceptors (Lipinski definition) is 3. The first-order valence-electron chi connectivity index (χ1n) is 7.95. The van der Waals surface area contributed by atoms with Crippen LogP contribution in [0.15, 0.2) is 36.4 Å². The highest BCUT2D eigenvalue weighted by molar-refractivity contribution is 7.80. The third-order valence-corrected chi connectivity index (χ3v) is 3.95. The van der Waals surface area contributed by atoms with E-state index in [4.69, 9.17) is 17.0 Å². The number of rotatable bonds is 5. The number of nitrogens with one attached hydrogen (secondary N) is 3. The van der Waals surface area contributed by atoms with Crippen molar-refractivity contribution < 1.29 is 9.53 Å². The second-order valence-electron chi connectivity index (χ2n) is 5.86. The molecule has 0 saturated carbocycles. The predicted molar refractivity (Wildman–Crippen MR) is 107 cm³/mol. The Morgan fingerprint density at radius 2 is 1.64 bits per heavy atom. The smallest absolute Gasteiger partial charge is 0.243 e. The number of amides is 1.